The molecule has 0 spiro atoms. The smallest absolute Gasteiger partial charge is 0.0426 e. The quantitative estimate of drug-likeness (QED) is 0.773. The Hall–Kier alpha value is -0.340. The molecular weight excluding hydrogens is 202 g/mol. The monoisotopic (exact) mass is 215 g/mol. The van der Waals surface area contributed by atoms with Gasteiger partial charge in [-0.15, -0.1) is 0 Å². The maximum Gasteiger partial charge on any atom is 0.0426 e. The van der Waals surface area contributed by atoms with E-state index in [0.29, 0.717) is 0 Å². The van der Waals surface area contributed by atoms with Crippen molar-refractivity contribution < 1.29 is 0 Å². The van der Waals surface area contributed by atoms with Gasteiger partial charge in [0, 0.05) is 23.0 Å². The van der Waals surface area contributed by atoms with Crippen LogP contribution in [0.3, 0.4) is 0 Å². The molecule has 0 heterocycles. The van der Waals surface area contributed by atoms with Crippen molar-refractivity contribution in [3.05, 3.63) is 28.8 Å². The lowest BCUT2D eigenvalue weighted by Gasteiger charge is -2.08. The first kappa shape index (κ1) is 10.7. The molecule has 1 rings (SSSR count). The van der Waals surface area contributed by atoms with Crippen molar-refractivity contribution in [3.63, 3.8) is 0 Å². The summed E-state index contributed by atoms with van der Waals surface area (Å²) in [5, 5.41) is 4.14. The molecule has 0 atom stereocenters. The summed E-state index contributed by atoms with van der Waals surface area (Å²) in [4.78, 5) is 0. The van der Waals surface area contributed by atoms with Crippen LogP contribution in [0, 0.1) is 6.92 Å². The number of hydrogen-bond acceptors (Lipinski definition) is 2. The minimum atomic E-state index is 0.789. The van der Waals surface area contributed by atoms with Crippen LogP contribution in [0.4, 0.5) is 5.69 Å². The van der Waals surface area contributed by atoms with E-state index < -0.39 is 0 Å². The van der Waals surface area contributed by atoms with Crippen LogP contribution in [-0.2, 0) is 0 Å². The Balaban J connectivity index is 2.59. The number of rotatable bonds is 4. The van der Waals surface area contributed by atoms with E-state index in [2.05, 4.69) is 18.5 Å². The third kappa shape index (κ3) is 3.49. The highest BCUT2D eigenvalue weighted by Gasteiger charge is 1.97. The van der Waals surface area contributed by atoms with Gasteiger partial charge in [0.1, 0.15) is 0 Å². The maximum atomic E-state index is 5.88. The first-order chi connectivity index (χ1) is 6.24. The number of halogens is 1. The molecule has 0 unspecified atom stereocenters. The second-order valence-electron chi connectivity index (χ2n) is 2.88. The molecule has 0 bridgehead atoms. The van der Waals surface area contributed by atoms with Gasteiger partial charge in [0.2, 0.25) is 0 Å². The second-order valence-corrected chi connectivity index (χ2v) is 4.30. The lowest BCUT2D eigenvalue weighted by Crippen LogP contribution is -2.04. The predicted octanol–water partition coefficient (Wildman–Crippen LogP) is 3.42. The van der Waals surface area contributed by atoms with Gasteiger partial charge in [-0.25, -0.2) is 0 Å². The molecule has 13 heavy (non-hydrogen) atoms. The van der Waals surface area contributed by atoms with Crippen LogP contribution in [0.15, 0.2) is 18.2 Å². The first-order valence-corrected chi connectivity index (χ1v) is 6.00. The summed E-state index contributed by atoms with van der Waals surface area (Å²) < 4.78 is 0. The van der Waals surface area contributed by atoms with E-state index in [0.717, 1.165) is 23.0 Å². The van der Waals surface area contributed by atoms with Gasteiger partial charge < -0.3 is 5.32 Å². The lowest BCUT2D eigenvalue weighted by atomic mass is 10.2. The van der Waals surface area contributed by atoms with E-state index in [1.165, 1.54) is 5.56 Å². The molecule has 0 aromatic heterocycles. The third-order valence-electron chi connectivity index (χ3n) is 1.82. The van der Waals surface area contributed by atoms with Crippen LogP contribution in [0.25, 0.3) is 0 Å². The average molecular weight is 216 g/mol. The van der Waals surface area contributed by atoms with Gasteiger partial charge in [0.25, 0.3) is 0 Å². The topological polar surface area (TPSA) is 12.0 Å². The SMILES string of the molecule is CSCCNc1cc(Cl)ccc1C. The fourth-order valence-electron chi connectivity index (χ4n) is 1.07. The summed E-state index contributed by atoms with van der Waals surface area (Å²) in [5.41, 5.74) is 2.38. The first-order valence-electron chi connectivity index (χ1n) is 4.23. The van der Waals surface area contributed by atoms with Gasteiger partial charge in [-0.2, -0.15) is 11.8 Å². The highest BCUT2D eigenvalue weighted by molar-refractivity contribution is 7.98. The molecule has 0 aliphatic rings. The Labute approximate surface area is 88.9 Å². The van der Waals surface area contributed by atoms with Gasteiger partial charge in [0.05, 0.1) is 0 Å². The summed E-state index contributed by atoms with van der Waals surface area (Å²) in [5.74, 6) is 1.12. The van der Waals surface area contributed by atoms with Crippen LogP contribution >= 0.6 is 23.4 Å². The summed E-state index contributed by atoms with van der Waals surface area (Å²) in [6.45, 7) is 3.07. The summed E-state index contributed by atoms with van der Waals surface area (Å²) >= 11 is 7.72. The van der Waals surface area contributed by atoms with Gasteiger partial charge in [0.15, 0.2) is 0 Å². The molecule has 0 aliphatic heterocycles. The number of hydrogen-bond donors (Lipinski definition) is 1. The van der Waals surface area contributed by atoms with Gasteiger partial charge in [-0.05, 0) is 30.9 Å². The van der Waals surface area contributed by atoms with Gasteiger partial charge in [-0.3, -0.25) is 0 Å². The molecular formula is C10H14ClNS. The van der Waals surface area contributed by atoms with Crippen LogP contribution in [0.1, 0.15) is 5.56 Å². The van der Waals surface area contributed by atoms with E-state index in [1.807, 2.05) is 30.0 Å². The molecule has 1 N–H and O–H groups in total. The Kier molecular flexibility index (Phi) is 4.46. The molecule has 1 nitrogen and oxygen atoms in total. The van der Waals surface area contributed by atoms with Crippen molar-refractivity contribution >= 4 is 29.1 Å². The Morgan fingerprint density at radius 3 is 2.92 bits per heavy atom. The second kappa shape index (κ2) is 5.40. The highest BCUT2D eigenvalue weighted by Crippen LogP contribution is 2.19. The zero-order valence-electron chi connectivity index (χ0n) is 7.93. The molecule has 0 aliphatic carbocycles. The summed E-state index contributed by atoms with van der Waals surface area (Å²) in [6, 6.07) is 5.91. The zero-order chi connectivity index (χ0) is 9.68. The predicted molar refractivity (Wildman–Crippen MR) is 63.1 cm³/mol. The fourth-order valence-corrected chi connectivity index (χ4v) is 1.55. The van der Waals surface area contributed by atoms with Crippen molar-refractivity contribution in [3.8, 4) is 0 Å². The third-order valence-corrected chi connectivity index (χ3v) is 2.67. The van der Waals surface area contributed by atoms with E-state index >= 15 is 0 Å². The van der Waals surface area contributed by atoms with E-state index in [9.17, 15) is 0 Å². The van der Waals surface area contributed by atoms with Gasteiger partial charge in [-0.1, -0.05) is 17.7 Å². The molecule has 0 fully saturated rings. The fraction of sp³-hybridized carbons (Fsp3) is 0.400. The van der Waals surface area contributed by atoms with Crippen LogP contribution in [0.5, 0.6) is 0 Å². The zero-order valence-corrected chi connectivity index (χ0v) is 9.50. The van der Waals surface area contributed by atoms with Crippen LogP contribution in [0.2, 0.25) is 5.02 Å². The largest absolute Gasteiger partial charge is 0.384 e. The normalized spacial score (nSPS) is 10.1. The molecule has 3 heteroatoms. The van der Waals surface area contributed by atoms with E-state index in [4.69, 9.17) is 11.6 Å². The average Bonchev–Trinajstić information content (AvgIpc) is 2.11. The minimum absolute atomic E-state index is 0.789. The Morgan fingerprint density at radius 1 is 1.46 bits per heavy atom. The van der Waals surface area contributed by atoms with E-state index in [-0.39, 0.29) is 0 Å². The number of nitrogens with one attached hydrogen (secondary N) is 1. The molecule has 1 aromatic carbocycles. The number of benzene rings is 1. The standard InChI is InChI=1S/C10H14ClNS/c1-8-3-4-9(11)7-10(8)12-5-6-13-2/h3-4,7,12H,5-6H2,1-2H3. The van der Waals surface area contributed by atoms with Gasteiger partial charge >= 0.3 is 0 Å². The summed E-state index contributed by atoms with van der Waals surface area (Å²) in [6.07, 6.45) is 2.10. The Bertz CT molecular complexity index is 276. The number of thioether (sulfide) groups is 1. The number of anilines is 1. The highest BCUT2D eigenvalue weighted by atomic mass is 35.5. The molecule has 0 amide bonds. The van der Waals surface area contributed by atoms with Crippen molar-refractivity contribution in [2.24, 2.45) is 0 Å². The number of aryl methyl sites for hydroxylation is 1. The van der Waals surface area contributed by atoms with Crippen molar-refractivity contribution in [2.45, 2.75) is 6.92 Å². The van der Waals surface area contributed by atoms with Crippen LogP contribution in [-0.4, -0.2) is 18.6 Å². The van der Waals surface area contributed by atoms with Crippen molar-refractivity contribution in [2.75, 3.05) is 23.9 Å². The summed E-state index contributed by atoms with van der Waals surface area (Å²) in [7, 11) is 0. The minimum Gasteiger partial charge on any atom is -0.384 e. The molecule has 1 aromatic rings. The van der Waals surface area contributed by atoms with Crippen molar-refractivity contribution in [1.29, 1.82) is 0 Å². The Morgan fingerprint density at radius 2 is 2.23 bits per heavy atom. The van der Waals surface area contributed by atoms with E-state index in [1.54, 1.807) is 0 Å². The molecule has 72 valence electrons. The maximum absolute atomic E-state index is 5.88. The molecule has 0 radical (unpaired) electrons. The molecule has 0 saturated carbocycles. The molecule has 0 saturated heterocycles. The lowest BCUT2D eigenvalue weighted by molar-refractivity contribution is 1.21. The van der Waals surface area contributed by atoms with Crippen molar-refractivity contribution in [1.82, 2.24) is 0 Å². The van der Waals surface area contributed by atoms with Crippen LogP contribution < -0.4 is 5.32 Å².